The summed E-state index contributed by atoms with van der Waals surface area (Å²) >= 11 is 0. The Labute approximate surface area is 117 Å². The van der Waals surface area contributed by atoms with Gasteiger partial charge in [0, 0.05) is 5.69 Å². The first-order chi connectivity index (χ1) is 9.85. The zero-order valence-electron chi connectivity index (χ0n) is 10.6. The van der Waals surface area contributed by atoms with Gasteiger partial charge in [-0.2, -0.15) is 18.3 Å². The van der Waals surface area contributed by atoms with Crippen molar-refractivity contribution in [3.8, 4) is 5.75 Å². The van der Waals surface area contributed by atoms with Crippen LogP contribution in [-0.4, -0.2) is 28.9 Å². The number of nitrogens with two attached hydrogens (primary N) is 1. The molecule has 0 radical (unpaired) electrons. The molecular formula is C12H11F3N4O2. The highest BCUT2D eigenvalue weighted by Crippen LogP contribution is 2.20. The molecule has 0 spiro atoms. The molecule has 0 fully saturated rings. The van der Waals surface area contributed by atoms with Gasteiger partial charge in [0.1, 0.15) is 11.4 Å². The molecule has 112 valence electrons. The van der Waals surface area contributed by atoms with Gasteiger partial charge < -0.3 is 15.8 Å². The number of aromatic nitrogens is 2. The number of nitrogens with one attached hydrogen (secondary N) is 2. The van der Waals surface area contributed by atoms with Gasteiger partial charge in [-0.05, 0) is 24.3 Å². The van der Waals surface area contributed by atoms with Gasteiger partial charge in [0.25, 0.3) is 5.91 Å². The van der Waals surface area contributed by atoms with E-state index in [1.165, 1.54) is 30.5 Å². The van der Waals surface area contributed by atoms with Crippen LogP contribution in [-0.2, 0) is 0 Å². The lowest BCUT2D eigenvalue weighted by molar-refractivity contribution is -0.153. The monoisotopic (exact) mass is 300 g/mol. The number of rotatable bonds is 4. The molecule has 2 aromatic rings. The predicted molar refractivity (Wildman–Crippen MR) is 68.9 cm³/mol. The summed E-state index contributed by atoms with van der Waals surface area (Å²) in [5.41, 5.74) is 6.20. The number of carbonyl (C=O) groups is 1. The van der Waals surface area contributed by atoms with Gasteiger partial charge in [0.15, 0.2) is 6.61 Å². The molecule has 1 heterocycles. The van der Waals surface area contributed by atoms with E-state index >= 15 is 0 Å². The van der Waals surface area contributed by atoms with Crippen molar-refractivity contribution in [2.24, 2.45) is 0 Å². The van der Waals surface area contributed by atoms with Crippen LogP contribution in [0, 0.1) is 0 Å². The van der Waals surface area contributed by atoms with Crippen molar-refractivity contribution in [1.82, 2.24) is 10.2 Å². The Bertz CT molecular complexity index is 622. The SMILES string of the molecule is Nc1cn[nH]c1C(=O)Nc1ccc(OCC(F)(F)F)cc1. The topological polar surface area (TPSA) is 93.0 Å². The van der Waals surface area contributed by atoms with E-state index in [-0.39, 0.29) is 17.1 Å². The number of anilines is 2. The van der Waals surface area contributed by atoms with Crippen LogP contribution in [0.5, 0.6) is 5.75 Å². The van der Waals surface area contributed by atoms with Crippen molar-refractivity contribution in [1.29, 1.82) is 0 Å². The number of benzene rings is 1. The maximum Gasteiger partial charge on any atom is 0.422 e. The van der Waals surface area contributed by atoms with Gasteiger partial charge in [-0.25, -0.2) is 0 Å². The first kappa shape index (κ1) is 14.7. The highest BCUT2D eigenvalue weighted by Gasteiger charge is 2.28. The average molecular weight is 300 g/mol. The lowest BCUT2D eigenvalue weighted by Crippen LogP contribution is -2.19. The molecule has 9 heteroatoms. The molecule has 1 aromatic heterocycles. The quantitative estimate of drug-likeness (QED) is 0.807. The maximum atomic E-state index is 12.0. The van der Waals surface area contributed by atoms with Gasteiger partial charge in [0.2, 0.25) is 0 Å². The Morgan fingerprint density at radius 2 is 2.00 bits per heavy atom. The molecule has 0 aliphatic heterocycles. The molecular weight excluding hydrogens is 289 g/mol. The summed E-state index contributed by atoms with van der Waals surface area (Å²) in [5.74, 6) is -0.458. The lowest BCUT2D eigenvalue weighted by Gasteiger charge is -2.10. The second kappa shape index (κ2) is 5.73. The number of carbonyl (C=O) groups excluding carboxylic acids is 1. The Morgan fingerprint density at radius 3 is 2.52 bits per heavy atom. The molecule has 21 heavy (non-hydrogen) atoms. The number of amides is 1. The van der Waals surface area contributed by atoms with Crippen molar-refractivity contribution >= 4 is 17.3 Å². The van der Waals surface area contributed by atoms with Crippen molar-refractivity contribution in [3.63, 3.8) is 0 Å². The molecule has 0 atom stereocenters. The van der Waals surface area contributed by atoms with Crippen LogP contribution in [0.1, 0.15) is 10.5 Å². The first-order valence-electron chi connectivity index (χ1n) is 5.75. The number of alkyl halides is 3. The summed E-state index contributed by atoms with van der Waals surface area (Å²) in [5, 5.41) is 8.56. The highest BCUT2D eigenvalue weighted by atomic mass is 19.4. The van der Waals surface area contributed by atoms with Gasteiger partial charge in [-0.15, -0.1) is 0 Å². The van der Waals surface area contributed by atoms with Gasteiger partial charge >= 0.3 is 6.18 Å². The van der Waals surface area contributed by atoms with E-state index in [0.29, 0.717) is 5.69 Å². The van der Waals surface area contributed by atoms with E-state index in [9.17, 15) is 18.0 Å². The molecule has 0 unspecified atom stereocenters. The van der Waals surface area contributed by atoms with Crippen molar-refractivity contribution in [2.75, 3.05) is 17.7 Å². The van der Waals surface area contributed by atoms with Crippen LogP contribution in [0.2, 0.25) is 0 Å². The largest absolute Gasteiger partial charge is 0.484 e. The number of nitrogen functional groups attached to an aromatic ring is 1. The van der Waals surface area contributed by atoms with Gasteiger partial charge in [-0.1, -0.05) is 0 Å². The third kappa shape index (κ3) is 4.13. The fraction of sp³-hybridized carbons (Fsp3) is 0.167. The number of hydrogen-bond acceptors (Lipinski definition) is 4. The molecule has 0 aliphatic rings. The molecule has 1 amide bonds. The molecule has 4 N–H and O–H groups in total. The van der Waals surface area contributed by atoms with Crippen LogP contribution in [0.4, 0.5) is 24.5 Å². The number of nitrogens with zero attached hydrogens (tertiary/aromatic N) is 1. The summed E-state index contributed by atoms with van der Waals surface area (Å²) in [6, 6.07) is 5.46. The minimum absolute atomic E-state index is 0.0476. The minimum atomic E-state index is -4.40. The summed E-state index contributed by atoms with van der Waals surface area (Å²) in [6.45, 7) is -1.37. The maximum absolute atomic E-state index is 12.0. The van der Waals surface area contributed by atoms with E-state index in [1.807, 2.05) is 0 Å². The van der Waals surface area contributed by atoms with Crippen LogP contribution in [0.15, 0.2) is 30.5 Å². The number of hydrogen-bond donors (Lipinski definition) is 3. The van der Waals surface area contributed by atoms with Crippen molar-refractivity contribution < 1.29 is 22.7 Å². The normalized spacial score (nSPS) is 11.2. The van der Waals surface area contributed by atoms with Crippen LogP contribution >= 0.6 is 0 Å². The van der Waals surface area contributed by atoms with E-state index in [0.717, 1.165) is 0 Å². The van der Waals surface area contributed by atoms with Gasteiger partial charge in [0.05, 0.1) is 11.9 Å². The third-order valence-corrected chi connectivity index (χ3v) is 2.41. The molecule has 6 nitrogen and oxygen atoms in total. The standard InChI is InChI=1S/C12H11F3N4O2/c13-12(14,15)6-21-8-3-1-7(2-4-8)18-11(20)10-9(16)5-17-19-10/h1-5H,6,16H2,(H,17,19)(H,18,20). The zero-order valence-corrected chi connectivity index (χ0v) is 10.6. The van der Waals surface area contributed by atoms with E-state index in [1.54, 1.807) is 0 Å². The fourth-order valence-electron chi connectivity index (χ4n) is 1.47. The van der Waals surface area contributed by atoms with Gasteiger partial charge in [-0.3, -0.25) is 9.89 Å². The molecule has 0 aliphatic carbocycles. The lowest BCUT2D eigenvalue weighted by atomic mass is 10.3. The van der Waals surface area contributed by atoms with Crippen LogP contribution in [0.3, 0.4) is 0 Å². The minimum Gasteiger partial charge on any atom is -0.484 e. The smallest absolute Gasteiger partial charge is 0.422 e. The number of ether oxygens (including phenoxy) is 1. The van der Waals surface area contributed by atoms with Crippen LogP contribution < -0.4 is 15.8 Å². The summed E-state index contributed by atoms with van der Waals surface area (Å²) < 4.78 is 40.5. The molecule has 0 saturated heterocycles. The number of halogens is 3. The first-order valence-corrected chi connectivity index (χ1v) is 5.75. The second-order valence-corrected chi connectivity index (χ2v) is 4.08. The summed E-state index contributed by atoms with van der Waals surface area (Å²) in [4.78, 5) is 11.8. The van der Waals surface area contributed by atoms with E-state index in [4.69, 9.17) is 5.73 Å². The number of aromatic amines is 1. The molecule has 0 bridgehead atoms. The molecule has 1 aromatic carbocycles. The number of H-pyrrole nitrogens is 1. The summed E-state index contributed by atoms with van der Waals surface area (Å²) in [7, 11) is 0. The molecule has 2 rings (SSSR count). The molecule has 0 saturated carbocycles. The predicted octanol–water partition coefficient (Wildman–Crippen LogP) is 2.19. The fourth-order valence-corrected chi connectivity index (χ4v) is 1.47. The van der Waals surface area contributed by atoms with E-state index < -0.39 is 18.7 Å². The Balaban J connectivity index is 1.96. The second-order valence-electron chi connectivity index (χ2n) is 4.08. The van der Waals surface area contributed by atoms with Crippen LogP contribution in [0.25, 0.3) is 0 Å². The zero-order chi connectivity index (χ0) is 15.5. The Morgan fingerprint density at radius 1 is 1.33 bits per heavy atom. The third-order valence-electron chi connectivity index (χ3n) is 2.41. The Kier molecular flexibility index (Phi) is 4.01. The van der Waals surface area contributed by atoms with E-state index in [2.05, 4.69) is 20.3 Å². The van der Waals surface area contributed by atoms with Crippen molar-refractivity contribution in [2.45, 2.75) is 6.18 Å². The summed E-state index contributed by atoms with van der Waals surface area (Å²) in [6.07, 6.45) is -3.10. The highest BCUT2D eigenvalue weighted by molar-refractivity contribution is 6.06. The van der Waals surface area contributed by atoms with Crippen molar-refractivity contribution in [3.05, 3.63) is 36.2 Å². The Hall–Kier alpha value is -2.71. The average Bonchev–Trinajstić information content (AvgIpc) is 2.83.